The molecule has 3 aliphatic heterocycles. The Morgan fingerprint density at radius 3 is 2.46 bits per heavy atom. The highest BCUT2D eigenvalue weighted by Crippen LogP contribution is 2.65. The Hall–Kier alpha value is -2.45. The molecule has 2 bridgehead atoms. The van der Waals surface area contributed by atoms with E-state index in [2.05, 4.69) is 10.6 Å². The third-order valence-electron chi connectivity index (χ3n) is 8.36. The van der Waals surface area contributed by atoms with Crippen LogP contribution in [-0.2, 0) is 19.1 Å². The van der Waals surface area contributed by atoms with Crippen LogP contribution in [0, 0.1) is 17.8 Å². The van der Waals surface area contributed by atoms with Gasteiger partial charge in [-0.15, -0.1) is 0 Å². The average molecular weight is 486 g/mol. The van der Waals surface area contributed by atoms with E-state index in [4.69, 9.17) is 4.74 Å². The SMILES string of the molecule is CCCCNC(=O)C1N([C@H](CO)c2ccccc2)C(=O)[C@@H]2[C@H](C(=O)NCCC)[C@@]3(C)OC12CC3C. The maximum Gasteiger partial charge on any atom is 0.245 e. The predicted molar refractivity (Wildman–Crippen MR) is 131 cm³/mol. The lowest BCUT2D eigenvalue weighted by molar-refractivity contribution is -0.151. The average Bonchev–Trinajstić information content (AvgIpc) is 3.36. The third-order valence-corrected chi connectivity index (χ3v) is 8.36. The molecule has 1 spiro atoms. The molecule has 3 N–H and O–H groups in total. The zero-order valence-electron chi connectivity index (χ0n) is 21.3. The van der Waals surface area contributed by atoms with Crippen LogP contribution < -0.4 is 10.6 Å². The van der Waals surface area contributed by atoms with Gasteiger partial charge in [-0.05, 0) is 37.7 Å². The normalized spacial score (nSPS) is 34.1. The molecule has 3 saturated heterocycles. The quantitative estimate of drug-likeness (QED) is 0.440. The largest absolute Gasteiger partial charge is 0.394 e. The standard InChI is InChI=1S/C27H39N3O5/c1-5-7-14-29-24(33)22-27-15-17(3)26(4,35-27)20(23(32)28-13-6-2)21(27)25(34)30(22)19(16-31)18-11-9-8-10-12-18/h8-12,17,19-22,31H,5-7,13-16H2,1-4H3,(H,28,32)(H,29,33)/t17?,19-,20-,21+,22?,26+,27?/m1/s1. The van der Waals surface area contributed by atoms with E-state index in [1.54, 1.807) is 0 Å². The Kier molecular flexibility index (Phi) is 7.25. The van der Waals surface area contributed by atoms with Gasteiger partial charge in [-0.1, -0.05) is 57.5 Å². The van der Waals surface area contributed by atoms with Crippen molar-refractivity contribution in [2.45, 2.75) is 76.7 Å². The molecule has 3 aliphatic rings. The van der Waals surface area contributed by atoms with Gasteiger partial charge in [-0.3, -0.25) is 14.4 Å². The number of unbranched alkanes of at least 4 members (excludes halogenated alkanes) is 1. The van der Waals surface area contributed by atoms with Crippen molar-refractivity contribution in [1.29, 1.82) is 0 Å². The first kappa shape index (κ1) is 25.6. The van der Waals surface area contributed by atoms with Crippen LogP contribution in [-0.4, -0.2) is 64.7 Å². The van der Waals surface area contributed by atoms with Crippen molar-refractivity contribution in [3.63, 3.8) is 0 Å². The molecule has 35 heavy (non-hydrogen) atoms. The molecule has 4 rings (SSSR count). The number of likely N-dealkylation sites (tertiary alicyclic amines) is 1. The number of nitrogens with one attached hydrogen (secondary N) is 2. The van der Waals surface area contributed by atoms with E-state index >= 15 is 0 Å². The summed E-state index contributed by atoms with van der Waals surface area (Å²) in [6.07, 6.45) is 3.04. The molecule has 3 fully saturated rings. The van der Waals surface area contributed by atoms with Gasteiger partial charge in [0.05, 0.1) is 30.1 Å². The van der Waals surface area contributed by atoms with Gasteiger partial charge in [-0.2, -0.15) is 0 Å². The minimum Gasteiger partial charge on any atom is -0.394 e. The highest BCUT2D eigenvalue weighted by molar-refractivity contribution is 5.99. The topological polar surface area (TPSA) is 108 Å². The molecule has 0 aliphatic carbocycles. The number of aliphatic hydroxyl groups is 1. The number of carbonyl (C=O) groups is 3. The fourth-order valence-electron chi connectivity index (χ4n) is 6.58. The monoisotopic (exact) mass is 485 g/mol. The third kappa shape index (κ3) is 3.95. The summed E-state index contributed by atoms with van der Waals surface area (Å²) < 4.78 is 6.70. The van der Waals surface area contributed by atoms with Gasteiger partial charge in [0.15, 0.2) is 0 Å². The molecular weight excluding hydrogens is 446 g/mol. The number of nitrogens with zero attached hydrogens (tertiary/aromatic N) is 1. The van der Waals surface area contributed by atoms with Gasteiger partial charge in [0, 0.05) is 13.1 Å². The fraction of sp³-hybridized carbons (Fsp3) is 0.667. The zero-order chi connectivity index (χ0) is 25.4. The minimum absolute atomic E-state index is 0.0147. The lowest BCUT2D eigenvalue weighted by Crippen LogP contribution is -2.56. The molecule has 192 valence electrons. The van der Waals surface area contributed by atoms with Gasteiger partial charge >= 0.3 is 0 Å². The van der Waals surface area contributed by atoms with Crippen LogP contribution in [0.1, 0.15) is 65.0 Å². The van der Waals surface area contributed by atoms with E-state index in [0.717, 1.165) is 24.8 Å². The second-order valence-corrected chi connectivity index (χ2v) is 10.5. The summed E-state index contributed by atoms with van der Waals surface area (Å²) in [5, 5.41) is 16.4. The first-order chi connectivity index (χ1) is 16.8. The van der Waals surface area contributed by atoms with Crippen molar-refractivity contribution < 1.29 is 24.2 Å². The maximum atomic E-state index is 14.2. The number of amides is 3. The van der Waals surface area contributed by atoms with E-state index in [1.807, 2.05) is 58.0 Å². The summed E-state index contributed by atoms with van der Waals surface area (Å²) in [4.78, 5) is 42.9. The fourth-order valence-corrected chi connectivity index (χ4v) is 6.58. The van der Waals surface area contributed by atoms with E-state index in [1.165, 1.54) is 4.90 Å². The lowest BCUT2D eigenvalue weighted by Gasteiger charge is -2.37. The minimum atomic E-state index is -1.11. The molecule has 8 heteroatoms. The Labute approximate surface area is 207 Å². The molecule has 1 aromatic rings. The number of aliphatic hydroxyl groups excluding tert-OH is 1. The lowest BCUT2D eigenvalue weighted by atomic mass is 9.62. The predicted octanol–water partition coefficient (Wildman–Crippen LogP) is 2.17. The van der Waals surface area contributed by atoms with E-state index in [-0.39, 0.29) is 30.2 Å². The summed E-state index contributed by atoms with van der Waals surface area (Å²) in [5.41, 5.74) is -1.21. The number of fused-ring (bicyclic) bond motifs is 1. The summed E-state index contributed by atoms with van der Waals surface area (Å²) in [5.74, 6) is -2.27. The summed E-state index contributed by atoms with van der Waals surface area (Å²) in [6.45, 7) is 8.65. The second kappa shape index (κ2) is 9.90. The van der Waals surface area contributed by atoms with E-state index in [0.29, 0.717) is 19.5 Å². The second-order valence-electron chi connectivity index (χ2n) is 10.5. The van der Waals surface area contributed by atoms with Gasteiger partial charge in [0.1, 0.15) is 11.6 Å². The van der Waals surface area contributed by atoms with Crippen LogP contribution in [0.5, 0.6) is 0 Å². The van der Waals surface area contributed by atoms with E-state index in [9.17, 15) is 19.5 Å². The molecule has 3 unspecified atom stereocenters. The maximum absolute atomic E-state index is 14.2. The molecule has 7 atom stereocenters. The van der Waals surface area contributed by atoms with Gasteiger partial charge in [0.2, 0.25) is 17.7 Å². The van der Waals surface area contributed by atoms with Crippen molar-refractivity contribution in [2.24, 2.45) is 17.8 Å². The Bertz CT molecular complexity index is 955. The Balaban J connectivity index is 1.80. The van der Waals surface area contributed by atoms with Crippen LogP contribution in [0.2, 0.25) is 0 Å². The van der Waals surface area contributed by atoms with Crippen LogP contribution >= 0.6 is 0 Å². The van der Waals surface area contributed by atoms with E-state index < -0.39 is 35.1 Å². The molecular formula is C27H39N3O5. The first-order valence-electron chi connectivity index (χ1n) is 13.0. The van der Waals surface area contributed by atoms with Crippen molar-refractivity contribution >= 4 is 17.7 Å². The van der Waals surface area contributed by atoms with Gasteiger partial charge < -0.3 is 25.4 Å². The number of carbonyl (C=O) groups excluding carboxylic acids is 3. The van der Waals surface area contributed by atoms with Crippen LogP contribution in [0.25, 0.3) is 0 Å². The molecule has 3 amide bonds. The van der Waals surface area contributed by atoms with Crippen molar-refractivity contribution in [2.75, 3.05) is 19.7 Å². The molecule has 1 aromatic carbocycles. The number of hydrogen-bond acceptors (Lipinski definition) is 5. The van der Waals surface area contributed by atoms with Crippen LogP contribution in [0.3, 0.4) is 0 Å². The smallest absolute Gasteiger partial charge is 0.245 e. The van der Waals surface area contributed by atoms with Crippen LogP contribution in [0.4, 0.5) is 0 Å². The molecule has 0 aromatic heterocycles. The van der Waals surface area contributed by atoms with Gasteiger partial charge in [-0.25, -0.2) is 0 Å². The van der Waals surface area contributed by atoms with Crippen molar-refractivity contribution in [1.82, 2.24) is 15.5 Å². The summed E-state index contributed by atoms with van der Waals surface area (Å²) >= 11 is 0. The molecule has 0 saturated carbocycles. The summed E-state index contributed by atoms with van der Waals surface area (Å²) in [6, 6.07) is 7.62. The first-order valence-corrected chi connectivity index (χ1v) is 13.0. The number of ether oxygens (including phenoxy) is 1. The molecule has 8 nitrogen and oxygen atoms in total. The highest BCUT2D eigenvalue weighted by Gasteiger charge is 2.80. The van der Waals surface area contributed by atoms with Crippen LogP contribution in [0.15, 0.2) is 30.3 Å². The number of rotatable bonds is 10. The zero-order valence-corrected chi connectivity index (χ0v) is 21.3. The molecule has 3 heterocycles. The van der Waals surface area contributed by atoms with Gasteiger partial charge in [0.25, 0.3) is 0 Å². The highest BCUT2D eigenvalue weighted by atomic mass is 16.5. The Morgan fingerprint density at radius 2 is 1.83 bits per heavy atom. The Morgan fingerprint density at radius 1 is 1.14 bits per heavy atom. The summed E-state index contributed by atoms with van der Waals surface area (Å²) in [7, 11) is 0. The van der Waals surface area contributed by atoms with Crippen molar-refractivity contribution in [3.05, 3.63) is 35.9 Å². The number of hydrogen-bond donors (Lipinski definition) is 3. The number of benzene rings is 1. The van der Waals surface area contributed by atoms with Crippen molar-refractivity contribution in [3.8, 4) is 0 Å². The molecule has 0 radical (unpaired) electrons.